The second kappa shape index (κ2) is 5.06. The first kappa shape index (κ1) is 11.7. The molecule has 1 saturated carbocycles. The van der Waals surface area contributed by atoms with Crippen molar-refractivity contribution in [2.24, 2.45) is 0 Å². The molecule has 0 spiro atoms. The molecule has 2 rings (SSSR count). The highest BCUT2D eigenvalue weighted by Crippen LogP contribution is 2.32. The molecule has 0 amide bonds. The van der Waals surface area contributed by atoms with Gasteiger partial charge in [0.05, 0.1) is 17.8 Å². The van der Waals surface area contributed by atoms with Gasteiger partial charge in [0, 0.05) is 20.1 Å². The van der Waals surface area contributed by atoms with Crippen LogP contribution in [0.25, 0.3) is 0 Å². The van der Waals surface area contributed by atoms with Crippen molar-refractivity contribution in [1.29, 1.82) is 0 Å². The van der Waals surface area contributed by atoms with Crippen molar-refractivity contribution in [1.82, 2.24) is 9.78 Å². The second-order valence-corrected chi connectivity index (χ2v) is 4.61. The van der Waals surface area contributed by atoms with Gasteiger partial charge in [-0.2, -0.15) is 5.10 Å². The molecule has 0 saturated heterocycles. The lowest BCUT2D eigenvalue weighted by Crippen LogP contribution is -2.52. The van der Waals surface area contributed by atoms with Gasteiger partial charge in [-0.3, -0.25) is 4.68 Å². The van der Waals surface area contributed by atoms with Crippen molar-refractivity contribution >= 4 is 11.6 Å². The Hall–Kier alpha value is -0.740. The van der Waals surface area contributed by atoms with Gasteiger partial charge in [0.25, 0.3) is 0 Å². The van der Waals surface area contributed by atoms with Gasteiger partial charge in [0.15, 0.2) is 5.75 Å². The molecule has 90 valence electrons. The molecule has 1 aliphatic rings. The van der Waals surface area contributed by atoms with Gasteiger partial charge in [-0.25, -0.2) is 0 Å². The predicted molar refractivity (Wildman–Crippen MR) is 62.0 cm³/mol. The molecule has 3 atom stereocenters. The number of ether oxygens (including phenoxy) is 2. The van der Waals surface area contributed by atoms with Crippen LogP contribution in [0.5, 0.6) is 5.75 Å². The Balaban J connectivity index is 1.89. The van der Waals surface area contributed by atoms with E-state index in [0.29, 0.717) is 0 Å². The molecule has 4 nitrogen and oxygen atoms in total. The predicted octanol–water partition coefficient (Wildman–Crippen LogP) is 2.07. The maximum absolute atomic E-state index is 6.01. The average molecular weight is 245 g/mol. The van der Waals surface area contributed by atoms with Crippen molar-refractivity contribution in [2.75, 3.05) is 7.11 Å². The van der Waals surface area contributed by atoms with E-state index in [9.17, 15) is 0 Å². The second-order valence-electron chi connectivity index (χ2n) is 4.05. The molecule has 1 fully saturated rings. The fourth-order valence-electron chi connectivity index (χ4n) is 1.87. The third kappa shape index (κ3) is 2.33. The lowest BCUT2D eigenvalue weighted by Gasteiger charge is -2.39. The summed E-state index contributed by atoms with van der Waals surface area (Å²) < 4.78 is 12.9. The Morgan fingerprint density at radius 1 is 1.62 bits per heavy atom. The minimum Gasteiger partial charge on any atom is -0.484 e. The summed E-state index contributed by atoms with van der Waals surface area (Å²) in [7, 11) is 1.66. The van der Waals surface area contributed by atoms with Crippen LogP contribution in [0.1, 0.15) is 19.8 Å². The van der Waals surface area contributed by atoms with Crippen LogP contribution < -0.4 is 4.74 Å². The minimum absolute atomic E-state index is 0.00353. The minimum atomic E-state index is -0.00353. The Morgan fingerprint density at radius 3 is 3.06 bits per heavy atom. The molecule has 0 aromatic carbocycles. The maximum Gasteiger partial charge on any atom is 0.157 e. The van der Waals surface area contributed by atoms with E-state index < -0.39 is 0 Å². The summed E-state index contributed by atoms with van der Waals surface area (Å²) >= 11 is 6.01. The van der Waals surface area contributed by atoms with Gasteiger partial charge < -0.3 is 9.47 Å². The Bertz CT molecular complexity index is 342. The summed E-state index contributed by atoms with van der Waals surface area (Å²) in [6.45, 7) is 3.03. The van der Waals surface area contributed by atoms with E-state index in [4.69, 9.17) is 21.1 Å². The average Bonchev–Trinajstić information content (AvgIpc) is 2.66. The summed E-state index contributed by atoms with van der Waals surface area (Å²) in [5, 5.41) is 4.28. The van der Waals surface area contributed by atoms with Gasteiger partial charge in [0.2, 0.25) is 0 Å². The summed E-state index contributed by atoms with van der Waals surface area (Å²) in [5.74, 6) is 0.795. The molecule has 0 radical (unpaired) electrons. The molecule has 3 unspecified atom stereocenters. The fraction of sp³-hybridized carbons (Fsp3) is 0.727. The Kier molecular flexibility index (Phi) is 3.71. The number of methoxy groups -OCH3 is 1. The lowest BCUT2D eigenvalue weighted by atomic mass is 9.91. The third-order valence-corrected chi connectivity index (χ3v) is 3.23. The molecular weight excluding hydrogens is 228 g/mol. The number of aryl methyl sites for hydroxylation is 1. The molecule has 0 bridgehead atoms. The van der Waals surface area contributed by atoms with Crippen molar-refractivity contribution < 1.29 is 9.47 Å². The highest BCUT2D eigenvalue weighted by atomic mass is 35.5. The standard InChI is InChI=1S/C11H17ClN2O2/c1-3-4-14-7-8(6-13-14)16-10-5-9(12)11(10)15-2/h6-7,9-11H,3-5H2,1-2H3. The molecule has 0 N–H and O–H groups in total. The van der Waals surface area contributed by atoms with Crippen LogP contribution in [0, 0.1) is 0 Å². The number of nitrogens with zero attached hydrogens (tertiary/aromatic N) is 2. The van der Waals surface area contributed by atoms with Gasteiger partial charge in [-0.1, -0.05) is 6.92 Å². The largest absolute Gasteiger partial charge is 0.484 e. The van der Waals surface area contributed by atoms with Crippen molar-refractivity contribution in [3.05, 3.63) is 12.4 Å². The van der Waals surface area contributed by atoms with Crippen LogP contribution in [-0.2, 0) is 11.3 Å². The molecule has 0 aliphatic heterocycles. The number of aromatic nitrogens is 2. The van der Waals surface area contributed by atoms with E-state index in [-0.39, 0.29) is 17.6 Å². The maximum atomic E-state index is 6.01. The highest BCUT2D eigenvalue weighted by Gasteiger charge is 2.42. The topological polar surface area (TPSA) is 36.3 Å². The molecule has 16 heavy (non-hydrogen) atoms. The van der Waals surface area contributed by atoms with Gasteiger partial charge >= 0.3 is 0 Å². The molecule has 1 heterocycles. The van der Waals surface area contributed by atoms with E-state index in [2.05, 4.69) is 12.0 Å². The SMILES string of the molecule is CCCn1cc(OC2CC(Cl)C2OC)cn1. The van der Waals surface area contributed by atoms with Crippen LogP contribution in [0.3, 0.4) is 0 Å². The summed E-state index contributed by atoms with van der Waals surface area (Å²) in [6.07, 6.45) is 5.61. The normalized spacial score (nSPS) is 28.8. The summed E-state index contributed by atoms with van der Waals surface area (Å²) in [6, 6.07) is 0. The number of hydrogen-bond acceptors (Lipinski definition) is 3. The molecule has 1 aromatic rings. The zero-order valence-corrected chi connectivity index (χ0v) is 10.4. The number of rotatable bonds is 5. The lowest BCUT2D eigenvalue weighted by molar-refractivity contribution is -0.0583. The zero-order valence-electron chi connectivity index (χ0n) is 9.60. The summed E-state index contributed by atoms with van der Waals surface area (Å²) in [5.41, 5.74) is 0. The Labute approximate surface area is 100 Å². The highest BCUT2D eigenvalue weighted by molar-refractivity contribution is 6.21. The zero-order chi connectivity index (χ0) is 11.5. The van der Waals surface area contributed by atoms with E-state index in [1.807, 2.05) is 10.9 Å². The molecule has 1 aromatic heterocycles. The smallest absolute Gasteiger partial charge is 0.157 e. The molecule has 1 aliphatic carbocycles. The van der Waals surface area contributed by atoms with Gasteiger partial charge in [0.1, 0.15) is 12.2 Å². The van der Waals surface area contributed by atoms with Crippen LogP contribution in [0.15, 0.2) is 12.4 Å². The van der Waals surface area contributed by atoms with E-state index >= 15 is 0 Å². The third-order valence-electron chi connectivity index (χ3n) is 2.80. The van der Waals surface area contributed by atoms with E-state index in [1.54, 1.807) is 13.3 Å². The first-order valence-corrected chi connectivity index (χ1v) is 6.04. The molecule has 5 heteroatoms. The first-order valence-electron chi connectivity index (χ1n) is 5.60. The number of halogens is 1. The van der Waals surface area contributed by atoms with Crippen molar-refractivity contribution in [3.63, 3.8) is 0 Å². The monoisotopic (exact) mass is 244 g/mol. The quantitative estimate of drug-likeness (QED) is 0.744. The van der Waals surface area contributed by atoms with Crippen LogP contribution in [0.2, 0.25) is 0 Å². The van der Waals surface area contributed by atoms with Crippen LogP contribution >= 0.6 is 11.6 Å². The summed E-state index contributed by atoms with van der Waals surface area (Å²) in [4.78, 5) is 0. The van der Waals surface area contributed by atoms with E-state index in [0.717, 1.165) is 25.1 Å². The van der Waals surface area contributed by atoms with Gasteiger partial charge in [-0.05, 0) is 6.42 Å². The van der Waals surface area contributed by atoms with Gasteiger partial charge in [-0.15, -0.1) is 11.6 Å². The van der Waals surface area contributed by atoms with Crippen molar-refractivity contribution in [3.8, 4) is 5.75 Å². The number of alkyl halides is 1. The fourth-order valence-corrected chi connectivity index (χ4v) is 2.31. The first-order chi connectivity index (χ1) is 7.74. The van der Waals surface area contributed by atoms with Crippen LogP contribution in [-0.4, -0.2) is 34.5 Å². The number of hydrogen-bond donors (Lipinski definition) is 0. The molecular formula is C11H17ClN2O2. The Morgan fingerprint density at radius 2 is 2.44 bits per heavy atom. The van der Waals surface area contributed by atoms with Crippen molar-refractivity contribution in [2.45, 2.75) is 43.9 Å². The van der Waals surface area contributed by atoms with Crippen LogP contribution in [0.4, 0.5) is 0 Å². The van der Waals surface area contributed by atoms with E-state index in [1.165, 1.54) is 0 Å².